The maximum atomic E-state index is 12.9. The van der Waals surface area contributed by atoms with E-state index >= 15 is 0 Å². The number of aromatic nitrogens is 7. The molecule has 0 bridgehead atoms. The van der Waals surface area contributed by atoms with Gasteiger partial charge in [-0.15, -0.1) is 0 Å². The highest BCUT2D eigenvalue weighted by atomic mass is 16.1. The predicted octanol–water partition coefficient (Wildman–Crippen LogP) is 1.04. The van der Waals surface area contributed by atoms with Crippen LogP contribution in [0.25, 0.3) is 10.9 Å². The zero-order chi connectivity index (χ0) is 16.8. The van der Waals surface area contributed by atoms with Crippen LogP contribution in [0.2, 0.25) is 0 Å². The first kappa shape index (κ1) is 14.5. The Kier molecular flexibility index (Phi) is 3.15. The Morgan fingerprint density at radius 2 is 2.21 bits per heavy atom. The smallest absolute Gasteiger partial charge is 0.250 e. The number of tetrazole rings is 1. The van der Waals surface area contributed by atoms with Crippen molar-refractivity contribution in [1.82, 2.24) is 35.4 Å². The van der Waals surface area contributed by atoms with Crippen LogP contribution < -0.4 is 4.90 Å². The number of carbonyl (C=O) groups excluding carboxylic acids is 1. The maximum Gasteiger partial charge on any atom is 0.250 e. The van der Waals surface area contributed by atoms with Gasteiger partial charge in [-0.25, -0.2) is 4.68 Å². The van der Waals surface area contributed by atoms with Gasteiger partial charge in [0.05, 0.1) is 30.4 Å². The summed E-state index contributed by atoms with van der Waals surface area (Å²) >= 11 is 0. The van der Waals surface area contributed by atoms with Crippen LogP contribution in [-0.4, -0.2) is 48.2 Å². The van der Waals surface area contributed by atoms with Crippen LogP contribution in [0, 0.1) is 0 Å². The number of ketones is 1. The van der Waals surface area contributed by atoms with Gasteiger partial charge in [0.2, 0.25) is 5.95 Å². The van der Waals surface area contributed by atoms with E-state index in [2.05, 4.69) is 30.7 Å². The van der Waals surface area contributed by atoms with E-state index in [0.717, 1.165) is 16.6 Å². The molecule has 122 valence electrons. The van der Waals surface area contributed by atoms with Crippen molar-refractivity contribution in [2.24, 2.45) is 0 Å². The zero-order valence-corrected chi connectivity index (χ0v) is 13.6. The molecule has 0 spiro atoms. The minimum atomic E-state index is -0.212. The number of hydrogen-bond donors (Lipinski definition) is 1. The van der Waals surface area contributed by atoms with Crippen molar-refractivity contribution in [2.75, 3.05) is 11.9 Å². The van der Waals surface area contributed by atoms with Gasteiger partial charge in [0, 0.05) is 29.4 Å². The monoisotopic (exact) mass is 324 g/mol. The average Bonchev–Trinajstić information content (AvgIpc) is 3.21. The molecule has 0 saturated heterocycles. The van der Waals surface area contributed by atoms with Crippen LogP contribution in [0.3, 0.4) is 0 Å². The molecular formula is C15H16N8O. The van der Waals surface area contributed by atoms with Crippen LogP contribution in [0.1, 0.15) is 25.6 Å². The number of H-pyrrole nitrogens is 1. The molecule has 24 heavy (non-hydrogen) atoms. The number of fused-ring (bicyclic) bond motifs is 2. The fourth-order valence-corrected chi connectivity index (χ4v) is 3.09. The number of nitrogens with one attached hydrogen (secondary N) is 1. The van der Waals surface area contributed by atoms with Gasteiger partial charge in [0.15, 0.2) is 5.78 Å². The van der Waals surface area contributed by atoms with E-state index in [-0.39, 0.29) is 18.2 Å². The molecule has 0 aromatic carbocycles. The number of aromatic amines is 1. The van der Waals surface area contributed by atoms with Crippen molar-refractivity contribution in [1.29, 1.82) is 0 Å². The summed E-state index contributed by atoms with van der Waals surface area (Å²) in [5, 5.41) is 19.5. The summed E-state index contributed by atoms with van der Waals surface area (Å²) in [5.41, 5.74) is 3.13. The normalized spacial score (nSPS) is 17.5. The number of rotatable bonds is 3. The van der Waals surface area contributed by atoms with Crippen LogP contribution in [0.4, 0.5) is 5.95 Å². The average molecular weight is 324 g/mol. The Labute approximate surface area is 137 Å². The van der Waals surface area contributed by atoms with Crippen molar-refractivity contribution < 1.29 is 4.79 Å². The van der Waals surface area contributed by atoms with E-state index in [9.17, 15) is 4.79 Å². The Bertz CT molecular complexity index is 969. The summed E-state index contributed by atoms with van der Waals surface area (Å²) in [6.07, 6.45) is 3.64. The van der Waals surface area contributed by atoms with Gasteiger partial charge in [-0.05, 0) is 30.3 Å². The molecule has 3 aromatic rings. The maximum absolute atomic E-state index is 12.9. The first-order valence-corrected chi connectivity index (χ1v) is 7.60. The van der Waals surface area contributed by atoms with Crippen LogP contribution in [0.15, 0.2) is 29.7 Å². The highest BCUT2D eigenvalue weighted by Gasteiger charge is 2.32. The summed E-state index contributed by atoms with van der Waals surface area (Å²) < 4.78 is 1.66. The molecular weight excluding hydrogens is 308 g/mol. The Morgan fingerprint density at radius 3 is 3.04 bits per heavy atom. The van der Waals surface area contributed by atoms with Gasteiger partial charge >= 0.3 is 0 Å². The molecule has 1 N–H and O–H groups in total. The lowest BCUT2D eigenvalue weighted by atomic mass is 9.96. The number of Topliss-reactive ketones (excluding diaryl/α,β-unsaturated/α-hetero) is 1. The van der Waals surface area contributed by atoms with Crippen molar-refractivity contribution in [3.05, 3.63) is 35.4 Å². The molecule has 0 saturated carbocycles. The minimum Gasteiger partial charge on any atom is -0.316 e. The zero-order valence-electron chi connectivity index (χ0n) is 13.6. The number of anilines is 1. The van der Waals surface area contributed by atoms with E-state index in [1.54, 1.807) is 17.1 Å². The lowest BCUT2D eigenvalue weighted by molar-refractivity contribution is -0.115. The number of pyridine rings is 1. The highest BCUT2D eigenvalue weighted by molar-refractivity contribution is 5.99. The molecule has 3 aromatic heterocycles. The van der Waals surface area contributed by atoms with Crippen LogP contribution in [-0.2, 0) is 11.2 Å². The van der Waals surface area contributed by atoms with E-state index in [0.29, 0.717) is 17.2 Å². The summed E-state index contributed by atoms with van der Waals surface area (Å²) in [6, 6.07) is 1.67. The molecule has 0 amide bonds. The van der Waals surface area contributed by atoms with Gasteiger partial charge in [-0.1, -0.05) is 5.10 Å². The van der Waals surface area contributed by atoms with Gasteiger partial charge in [0.25, 0.3) is 0 Å². The lowest BCUT2D eigenvalue weighted by Gasteiger charge is -2.30. The summed E-state index contributed by atoms with van der Waals surface area (Å²) in [4.78, 5) is 19.1. The standard InChI is InChI=1S/C15H16N8O/c1-8-14(9(2)23-15(22(8)3)19-20-21-23)13(24)5-11-4-10-6-17-18-12(10)7-16-11/h4,6-7,9H,5H2,1-3H3,(H,17,18). The van der Waals surface area contributed by atoms with Crippen molar-refractivity contribution >= 4 is 22.6 Å². The third-order valence-corrected chi connectivity index (χ3v) is 4.48. The molecule has 0 fully saturated rings. The summed E-state index contributed by atoms with van der Waals surface area (Å²) in [5.74, 6) is 0.651. The second-order valence-corrected chi connectivity index (χ2v) is 5.89. The molecule has 1 atom stereocenters. The first-order chi connectivity index (χ1) is 11.6. The van der Waals surface area contributed by atoms with Gasteiger partial charge in [0.1, 0.15) is 0 Å². The summed E-state index contributed by atoms with van der Waals surface area (Å²) in [7, 11) is 1.85. The number of carbonyl (C=O) groups is 1. The largest absolute Gasteiger partial charge is 0.316 e. The molecule has 1 aliphatic rings. The van der Waals surface area contributed by atoms with Gasteiger partial charge in [-0.3, -0.25) is 14.9 Å². The second-order valence-electron chi connectivity index (χ2n) is 5.89. The van der Waals surface area contributed by atoms with Crippen molar-refractivity contribution in [2.45, 2.75) is 26.3 Å². The topological polar surface area (TPSA) is 105 Å². The van der Waals surface area contributed by atoms with Crippen molar-refractivity contribution in [3.8, 4) is 0 Å². The van der Waals surface area contributed by atoms with Crippen LogP contribution >= 0.6 is 0 Å². The summed E-state index contributed by atoms with van der Waals surface area (Å²) in [6.45, 7) is 3.84. The molecule has 0 radical (unpaired) electrons. The van der Waals surface area contributed by atoms with Crippen LogP contribution in [0.5, 0.6) is 0 Å². The fourth-order valence-electron chi connectivity index (χ4n) is 3.09. The van der Waals surface area contributed by atoms with E-state index in [1.165, 1.54) is 0 Å². The number of nitrogens with zero attached hydrogens (tertiary/aromatic N) is 7. The molecule has 1 aliphatic heterocycles. The van der Waals surface area contributed by atoms with E-state index in [1.807, 2.05) is 31.9 Å². The highest BCUT2D eigenvalue weighted by Crippen LogP contribution is 2.32. The SMILES string of the molecule is CC1=C(C(=O)Cc2cc3cn[nH]c3cn2)C(C)n2nnnc2N1C. The fraction of sp³-hybridized carbons (Fsp3) is 0.333. The lowest BCUT2D eigenvalue weighted by Crippen LogP contribution is -2.33. The predicted molar refractivity (Wildman–Crippen MR) is 86.2 cm³/mol. The molecule has 4 heterocycles. The quantitative estimate of drug-likeness (QED) is 0.767. The molecule has 9 heteroatoms. The minimum absolute atomic E-state index is 0.0170. The third kappa shape index (κ3) is 2.08. The molecule has 1 unspecified atom stereocenters. The van der Waals surface area contributed by atoms with Gasteiger partial charge in [-0.2, -0.15) is 5.10 Å². The van der Waals surface area contributed by atoms with Crippen molar-refractivity contribution in [3.63, 3.8) is 0 Å². The molecule has 0 aliphatic carbocycles. The first-order valence-electron chi connectivity index (χ1n) is 7.60. The molecule has 9 nitrogen and oxygen atoms in total. The molecule has 4 rings (SSSR count). The second kappa shape index (κ2) is 5.22. The van der Waals surface area contributed by atoms with E-state index < -0.39 is 0 Å². The third-order valence-electron chi connectivity index (χ3n) is 4.48. The number of hydrogen-bond acceptors (Lipinski definition) is 7. The van der Waals surface area contributed by atoms with E-state index in [4.69, 9.17) is 0 Å². The Morgan fingerprint density at radius 1 is 1.38 bits per heavy atom. The Hall–Kier alpha value is -3.10. The Balaban J connectivity index is 1.67. The number of allylic oxidation sites excluding steroid dienone is 2. The van der Waals surface area contributed by atoms with Gasteiger partial charge < -0.3 is 4.90 Å².